The Kier molecular flexibility index (Phi) is 2.55. The molecule has 0 spiro atoms. The molecule has 2 aromatic rings. The Labute approximate surface area is 92.6 Å². The van der Waals surface area contributed by atoms with Gasteiger partial charge in [-0.3, -0.25) is 0 Å². The summed E-state index contributed by atoms with van der Waals surface area (Å²) in [6.07, 6.45) is 0. The number of rotatable bonds is 3. The largest absolute Gasteiger partial charge is 0.463 e. The van der Waals surface area contributed by atoms with Crippen molar-refractivity contribution < 1.29 is 9.13 Å². The van der Waals surface area contributed by atoms with Gasteiger partial charge in [-0.25, -0.2) is 4.39 Å². The molecule has 86 valence electrons. The minimum Gasteiger partial charge on any atom is -0.463 e. The number of hydrogen-bond acceptors (Lipinski definition) is 3. The molecule has 0 atom stereocenters. The van der Waals surface area contributed by atoms with Crippen molar-refractivity contribution in [3.8, 4) is 6.01 Å². The second-order valence-electron chi connectivity index (χ2n) is 4.48. The molecule has 1 aromatic heterocycles. The first-order valence-electron chi connectivity index (χ1n) is 5.01. The fourth-order valence-electron chi connectivity index (χ4n) is 1.28. The summed E-state index contributed by atoms with van der Waals surface area (Å²) in [5.74, 6) is -0.304. The van der Waals surface area contributed by atoms with Crippen LogP contribution in [0.2, 0.25) is 0 Å². The molecule has 3 N–H and O–H groups in total. The lowest BCUT2D eigenvalue weighted by atomic mass is 10.1. The summed E-state index contributed by atoms with van der Waals surface area (Å²) in [6.45, 7) is 4.06. The van der Waals surface area contributed by atoms with E-state index < -0.39 is 5.54 Å². The predicted molar refractivity (Wildman–Crippen MR) is 59.8 cm³/mol. The van der Waals surface area contributed by atoms with Crippen LogP contribution < -0.4 is 10.5 Å². The van der Waals surface area contributed by atoms with Gasteiger partial charge in [-0.05, 0) is 32.0 Å². The molecule has 5 heteroatoms. The quantitative estimate of drug-likeness (QED) is 0.834. The van der Waals surface area contributed by atoms with Crippen molar-refractivity contribution in [2.45, 2.75) is 19.4 Å². The van der Waals surface area contributed by atoms with Gasteiger partial charge in [0.25, 0.3) is 6.01 Å². The molecule has 1 heterocycles. The average molecular weight is 223 g/mol. The summed E-state index contributed by atoms with van der Waals surface area (Å²) in [5, 5.41) is 0. The summed E-state index contributed by atoms with van der Waals surface area (Å²) in [7, 11) is 0. The van der Waals surface area contributed by atoms with Crippen LogP contribution in [0.5, 0.6) is 6.01 Å². The first-order chi connectivity index (χ1) is 7.44. The van der Waals surface area contributed by atoms with E-state index in [1.807, 2.05) is 13.8 Å². The maximum atomic E-state index is 12.9. The van der Waals surface area contributed by atoms with Gasteiger partial charge in [0.2, 0.25) is 0 Å². The number of nitrogens with one attached hydrogen (secondary N) is 1. The molecule has 0 aliphatic heterocycles. The Hall–Kier alpha value is -1.62. The molecule has 0 fully saturated rings. The second kappa shape index (κ2) is 3.75. The highest BCUT2D eigenvalue weighted by Gasteiger charge is 2.13. The predicted octanol–water partition coefficient (Wildman–Crippen LogP) is 1.82. The van der Waals surface area contributed by atoms with Crippen molar-refractivity contribution >= 4 is 11.0 Å². The van der Waals surface area contributed by atoms with Gasteiger partial charge in [-0.2, -0.15) is 4.98 Å². The zero-order valence-corrected chi connectivity index (χ0v) is 9.25. The highest BCUT2D eigenvalue weighted by Crippen LogP contribution is 2.17. The molecule has 0 aliphatic rings. The van der Waals surface area contributed by atoms with Crippen molar-refractivity contribution in [3.63, 3.8) is 0 Å². The molecule has 0 unspecified atom stereocenters. The van der Waals surface area contributed by atoms with Crippen LogP contribution in [-0.4, -0.2) is 22.1 Å². The lowest BCUT2D eigenvalue weighted by Crippen LogP contribution is -2.38. The Morgan fingerprint density at radius 1 is 1.50 bits per heavy atom. The van der Waals surface area contributed by atoms with Crippen LogP contribution in [0.15, 0.2) is 18.2 Å². The van der Waals surface area contributed by atoms with Crippen LogP contribution >= 0.6 is 0 Å². The van der Waals surface area contributed by atoms with E-state index in [0.717, 1.165) is 0 Å². The number of ether oxygens (including phenoxy) is 1. The number of hydrogen-bond donors (Lipinski definition) is 2. The molecular formula is C11H14FN3O. The van der Waals surface area contributed by atoms with E-state index in [-0.39, 0.29) is 5.82 Å². The molecule has 16 heavy (non-hydrogen) atoms. The molecule has 0 aliphatic carbocycles. The topological polar surface area (TPSA) is 63.9 Å². The van der Waals surface area contributed by atoms with E-state index in [0.29, 0.717) is 23.7 Å². The Bertz CT molecular complexity index is 501. The van der Waals surface area contributed by atoms with Crippen molar-refractivity contribution in [2.24, 2.45) is 5.73 Å². The molecule has 1 aromatic carbocycles. The van der Waals surface area contributed by atoms with Crippen molar-refractivity contribution in [1.82, 2.24) is 9.97 Å². The zero-order chi connectivity index (χ0) is 11.8. The van der Waals surface area contributed by atoms with E-state index >= 15 is 0 Å². The first-order valence-corrected chi connectivity index (χ1v) is 5.01. The van der Waals surface area contributed by atoms with Crippen LogP contribution in [0, 0.1) is 5.82 Å². The van der Waals surface area contributed by atoms with E-state index in [1.165, 1.54) is 12.1 Å². The van der Waals surface area contributed by atoms with Gasteiger partial charge in [0.05, 0.1) is 11.0 Å². The number of halogens is 1. The molecular weight excluding hydrogens is 209 g/mol. The molecule has 0 bridgehead atoms. The first kappa shape index (κ1) is 10.9. The van der Waals surface area contributed by atoms with Gasteiger partial charge in [0.1, 0.15) is 12.4 Å². The molecule has 4 nitrogen and oxygen atoms in total. The van der Waals surface area contributed by atoms with E-state index in [9.17, 15) is 4.39 Å². The minimum absolute atomic E-state index is 0.304. The lowest BCUT2D eigenvalue weighted by molar-refractivity contribution is 0.229. The van der Waals surface area contributed by atoms with Crippen molar-refractivity contribution in [1.29, 1.82) is 0 Å². The maximum absolute atomic E-state index is 12.9. The highest BCUT2D eigenvalue weighted by molar-refractivity contribution is 5.75. The minimum atomic E-state index is -0.426. The van der Waals surface area contributed by atoms with Crippen molar-refractivity contribution in [2.75, 3.05) is 6.61 Å². The number of imidazole rings is 1. The highest BCUT2D eigenvalue weighted by atomic mass is 19.1. The number of H-pyrrole nitrogens is 1. The molecule has 2 rings (SSSR count). The third kappa shape index (κ3) is 2.49. The van der Waals surface area contributed by atoms with E-state index in [2.05, 4.69) is 9.97 Å². The third-order valence-corrected chi connectivity index (χ3v) is 2.00. The number of nitrogens with two attached hydrogens (primary N) is 1. The normalized spacial score (nSPS) is 12.0. The van der Waals surface area contributed by atoms with Gasteiger partial charge in [-0.15, -0.1) is 0 Å². The second-order valence-corrected chi connectivity index (χ2v) is 4.48. The van der Waals surface area contributed by atoms with Gasteiger partial charge in [-0.1, -0.05) is 0 Å². The Morgan fingerprint density at radius 2 is 2.25 bits per heavy atom. The fourth-order valence-corrected chi connectivity index (χ4v) is 1.28. The number of fused-ring (bicyclic) bond motifs is 1. The number of nitrogens with zero attached hydrogens (tertiary/aromatic N) is 1. The van der Waals surface area contributed by atoms with Crippen LogP contribution in [0.25, 0.3) is 11.0 Å². The summed E-state index contributed by atoms with van der Waals surface area (Å²) >= 11 is 0. The molecule has 0 radical (unpaired) electrons. The van der Waals surface area contributed by atoms with Gasteiger partial charge in [0, 0.05) is 5.54 Å². The molecule has 0 amide bonds. The molecule has 0 saturated carbocycles. The summed E-state index contributed by atoms with van der Waals surface area (Å²) in [6, 6.07) is 4.70. The number of benzene rings is 1. The smallest absolute Gasteiger partial charge is 0.294 e. The Morgan fingerprint density at radius 3 is 2.94 bits per heavy atom. The van der Waals surface area contributed by atoms with Crippen molar-refractivity contribution in [3.05, 3.63) is 24.0 Å². The summed E-state index contributed by atoms with van der Waals surface area (Å²) in [4.78, 5) is 7.04. The number of aromatic nitrogens is 2. The van der Waals surface area contributed by atoms with Crippen LogP contribution in [-0.2, 0) is 0 Å². The lowest BCUT2D eigenvalue weighted by Gasteiger charge is -2.17. The fraction of sp³-hybridized carbons (Fsp3) is 0.364. The number of aromatic amines is 1. The summed E-state index contributed by atoms with van der Waals surface area (Å²) in [5.41, 5.74) is 6.64. The molecule has 0 saturated heterocycles. The van der Waals surface area contributed by atoms with Crippen LogP contribution in [0.4, 0.5) is 4.39 Å². The SMILES string of the molecule is CC(C)(N)COc1nc2ccc(F)cc2[nH]1. The van der Waals surface area contributed by atoms with Gasteiger partial charge in [0.15, 0.2) is 0 Å². The van der Waals surface area contributed by atoms with Gasteiger partial charge >= 0.3 is 0 Å². The summed E-state index contributed by atoms with van der Waals surface area (Å²) < 4.78 is 18.3. The zero-order valence-electron chi connectivity index (χ0n) is 9.25. The maximum Gasteiger partial charge on any atom is 0.294 e. The van der Waals surface area contributed by atoms with Crippen LogP contribution in [0.1, 0.15) is 13.8 Å². The van der Waals surface area contributed by atoms with E-state index in [4.69, 9.17) is 10.5 Å². The monoisotopic (exact) mass is 223 g/mol. The standard InChI is InChI=1S/C11H14FN3O/c1-11(2,13)6-16-10-14-8-4-3-7(12)5-9(8)15-10/h3-5H,6,13H2,1-2H3,(H,14,15). The van der Waals surface area contributed by atoms with Gasteiger partial charge < -0.3 is 15.5 Å². The third-order valence-electron chi connectivity index (χ3n) is 2.00. The van der Waals surface area contributed by atoms with E-state index in [1.54, 1.807) is 6.07 Å². The average Bonchev–Trinajstić information content (AvgIpc) is 2.55. The Balaban J connectivity index is 2.20. The van der Waals surface area contributed by atoms with Crippen LogP contribution in [0.3, 0.4) is 0 Å².